The first-order chi connectivity index (χ1) is 14.9. The number of aliphatic imine (C=N–C) groups is 1. The van der Waals surface area contributed by atoms with E-state index in [0.29, 0.717) is 44.3 Å². The van der Waals surface area contributed by atoms with Gasteiger partial charge in [0, 0.05) is 31.9 Å². The van der Waals surface area contributed by atoms with Gasteiger partial charge in [-0.05, 0) is 44.2 Å². The number of ether oxygens (including phenoxy) is 1. The number of likely N-dealkylation sites (tertiary alicyclic amines) is 1. The van der Waals surface area contributed by atoms with Gasteiger partial charge in [-0.2, -0.15) is 0 Å². The van der Waals surface area contributed by atoms with Crippen LogP contribution in [0.1, 0.15) is 57.1 Å². The van der Waals surface area contributed by atoms with Crippen LogP contribution in [0, 0.1) is 0 Å². The smallest absolute Gasteiger partial charge is 0.308 e. The van der Waals surface area contributed by atoms with Crippen LogP contribution in [0.15, 0.2) is 29.5 Å². The first-order valence-electron chi connectivity index (χ1n) is 10.6. The third kappa shape index (κ3) is 7.88. The lowest BCUT2D eigenvalue weighted by Gasteiger charge is -2.26. The molecule has 1 aromatic heterocycles. The molecule has 0 saturated carbocycles. The molecule has 0 bridgehead atoms. The van der Waals surface area contributed by atoms with E-state index < -0.39 is 18.1 Å². The van der Waals surface area contributed by atoms with E-state index in [9.17, 15) is 14.4 Å². The van der Waals surface area contributed by atoms with Gasteiger partial charge < -0.3 is 26.4 Å². The highest BCUT2D eigenvalue weighted by molar-refractivity contribution is 5.88. The number of carbonyl (C=O) groups is 3. The number of amides is 2. The van der Waals surface area contributed by atoms with Gasteiger partial charge in [0.15, 0.2) is 5.96 Å². The Morgan fingerprint density at radius 3 is 2.84 bits per heavy atom. The maximum atomic E-state index is 13.0. The number of pyridine rings is 1. The number of nitrogens with two attached hydrogens (primary N) is 2. The number of esters is 1. The van der Waals surface area contributed by atoms with Crippen LogP contribution >= 0.6 is 0 Å². The number of nitrogens with one attached hydrogen (secondary N) is 1. The Balaban J connectivity index is 1.97. The van der Waals surface area contributed by atoms with Crippen molar-refractivity contribution >= 4 is 23.7 Å². The van der Waals surface area contributed by atoms with E-state index in [1.165, 1.54) is 0 Å². The molecule has 10 nitrogen and oxygen atoms in total. The molecule has 5 N–H and O–H groups in total. The Bertz CT molecular complexity index is 766. The minimum absolute atomic E-state index is 0.00324. The molecule has 1 saturated heterocycles. The second-order valence-corrected chi connectivity index (χ2v) is 7.37. The Labute approximate surface area is 182 Å². The van der Waals surface area contributed by atoms with Crippen LogP contribution in [-0.4, -0.2) is 59.4 Å². The fraction of sp³-hybridized carbons (Fsp3) is 0.571. The van der Waals surface area contributed by atoms with Gasteiger partial charge in [-0.3, -0.25) is 24.4 Å². The SMILES string of the molecule is CCOC(=O)C[C@H](NC(=O)C1CCCN1C(=O)CCCCN=C(N)N)c1cccnc1. The monoisotopic (exact) mass is 432 g/mol. The van der Waals surface area contributed by atoms with Gasteiger partial charge in [-0.25, -0.2) is 0 Å². The van der Waals surface area contributed by atoms with E-state index >= 15 is 0 Å². The van der Waals surface area contributed by atoms with Crippen LogP contribution in [0.3, 0.4) is 0 Å². The second-order valence-electron chi connectivity index (χ2n) is 7.37. The molecule has 1 unspecified atom stereocenters. The van der Waals surface area contributed by atoms with Gasteiger partial charge in [-0.1, -0.05) is 6.07 Å². The van der Waals surface area contributed by atoms with E-state index in [1.807, 2.05) is 0 Å². The van der Waals surface area contributed by atoms with Crippen molar-refractivity contribution in [1.29, 1.82) is 0 Å². The molecule has 1 aliphatic heterocycles. The lowest BCUT2D eigenvalue weighted by atomic mass is 10.0. The van der Waals surface area contributed by atoms with Gasteiger partial charge in [-0.15, -0.1) is 0 Å². The average Bonchev–Trinajstić information content (AvgIpc) is 3.23. The summed E-state index contributed by atoms with van der Waals surface area (Å²) in [5.41, 5.74) is 11.3. The van der Waals surface area contributed by atoms with Crippen molar-refractivity contribution in [2.24, 2.45) is 16.5 Å². The van der Waals surface area contributed by atoms with Crippen LogP contribution in [-0.2, 0) is 19.1 Å². The molecule has 0 aromatic carbocycles. The molecule has 2 heterocycles. The first-order valence-corrected chi connectivity index (χ1v) is 10.6. The summed E-state index contributed by atoms with van der Waals surface area (Å²) in [6.07, 6.45) is 6.24. The average molecular weight is 433 g/mol. The van der Waals surface area contributed by atoms with Crippen molar-refractivity contribution in [2.45, 2.75) is 57.5 Å². The molecule has 1 aromatic rings. The number of nitrogens with zero attached hydrogens (tertiary/aromatic N) is 3. The number of hydrogen-bond donors (Lipinski definition) is 3. The predicted molar refractivity (Wildman–Crippen MR) is 116 cm³/mol. The summed E-state index contributed by atoms with van der Waals surface area (Å²) in [6.45, 7) is 3.01. The molecule has 0 spiro atoms. The van der Waals surface area contributed by atoms with Crippen LogP contribution in [0.2, 0.25) is 0 Å². The standard InChI is InChI=1S/C21H32N6O4/c1-2-31-19(29)13-16(15-7-5-10-24-14-15)26-20(30)17-8-6-12-27(17)18(28)9-3-4-11-25-21(22)23/h5,7,10,14,16-17H,2-4,6,8-9,11-13H2,1H3,(H,26,30)(H4,22,23,25)/t16-,17?/m0/s1. The van der Waals surface area contributed by atoms with Gasteiger partial charge in [0.1, 0.15) is 6.04 Å². The molecule has 1 aliphatic rings. The fourth-order valence-corrected chi connectivity index (χ4v) is 3.57. The Morgan fingerprint density at radius 1 is 1.35 bits per heavy atom. The molecule has 0 radical (unpaired) electrons. The molecule has 2 atom stereocenters. The molecule has 0 aliphatic carbocycles. The quantitative estimate of drug-likeness (QED) is 0.201. The normalized spacial score (nSPS) is 16.4. The van der Waals surface area contributed by atoms with Crippen LogP contribution in [0.5, 0.6) is 0 Å². The van der Waals surface area contributed by atoms with E-state index in [-0.39, 0.29) is 30.8 Å². The Hall–Kier alpha value is -3.17. The summed E-state index contributed by atoms with van der Waals surface area (Å²) in [4.78, 5) is 47.3. The third-order valence-corrected chi connectivity index (χ3v) is 5.05. The minimum Gasteiger partial charge on any atom is -0.466 e. The molecule has 2 rings (SSSR count). The highest BCUT2D eigenvalue weighted by atomic mass is 16.5. The zero-order chi connectivity index (χ0) is 22.6. The highest BCUT2D eigenvalue weighted by Crippen LogP contribution is 2.22. The second kappa shape index (κ2) is 12.5. The van der Waals surface area contributed by atoms with Crippen LogP contribution < -0.4 is 16.8 Å². The maximum absolute atomic E-state index is 13.0. The molecule has 170 valence electrons. The van der Waals surface area contributed by atoms with Gasteiger partial charge in [0.2, 0.25) is 11.8 Å². The fourth-order valence-electron chi connectivity index (χ4n) is 3.57. The van der Waals surface area contributed by atoms with Gasteiger partial charge in [0.05, 0.1) is 19.1 Å². The van der Waals surface area contributed by atoms with Gasteiger partial charge >= 0.3 is 5.97 Å². The lowest BCUT2D eigenvalue weighted by molar-refractivity contribution is -0.144. The van der Waals surface area contributed by atoms with E-state index in [4.69, 9.17) is 16.2 Å². The van der Waals surface area contributed by atoms with Crippen molar-refractivity contribution < 1.29 is 19.1 Å². The van der Waals surface area contributed by atoms with Crippen molar-refractivity contribution in [3.05, 3.63) is 30.1 Å². The van der Waals surface area contributed by atoms with E-state index in [2.05, 4.69) is 15.3 Å². The van der Waals surface area contributed by atoms with Crippen molar-refractivity contribution in [1.82, 2.24) is 15.2 Å². The summed E-state index contributed by atoms with van der Waals surface area (Å²) in [5, 5.41) is 2.92. The molecule has 10 heteroatoms. The number of unbranched alkanes of at least 4 members (excludes halogenated alkanes) is 1. The third-order valence-electron chi connectivity index (χ3n) is 5.05. The molecular formula is C21H32N6O4. The lowest BCUT2D eigenvalue weighted by Crippen LogP contribution is -2.47. The summed E-state index contributed by atoms with van der Waals surface area (Å²) in [7, 11) is 0. The number of hydrogen-bond acceptors (Lipinski definition) is 6. The number of guanidine groups is 1. The van der Waals surface area contributed by atoms with Crippen molar-refractivity contribution in [3.63, 3.8) is 0 Å². The number of carbonyl (C=O) groups excluding carboxylic acids is 3. The highest BCUT2D eigenvalue weighted by Gasteiger charge is 2.35. The number of rotatable bonds is 11. The maximum Gasteiger partial charge on any atom is 0.308 e. The number of aromatic nitrogens is 1. The Morgan fingerprint density at radius 2 is 2.16 bits per heavy atom. The largest absolute Gasteiger partial charge is 0.466 e. The van der Waals surface area contributed by atoms with Crippen molar-refractivity contribution in [3.8, 4) is 0 Å². The van der Waals surface area contributed by atoms with E-state index in [0.717, 1.165) is 6.42 Å². The summed E-state index contributed by atoms with van der Waals surface area (Å²) in [6, 6.07) is 2.42. The molecule has 1 fully saturated rings. The van der Waals surface area contributed by atoms with Crippen LogP contribution in [0.4, 0.5) is 0 Å². The van der Waals surface area contributed by atoms with E-state index in [1.54, 1.807) is 36.4 Å². The summed E-state index contributed by atoms with van der Waals surface area (Å²) < 4.78 is 5.04. The zero-order valence-corrected chi connectivity index (χ0v) is 18.0. The van der Waals surface area contributed by atoms with Gasteiger partial charge in [0.25, 0.3) is 0 Å². The minimum atomic E-state index is -0.572. The zero-order valence-electron chi connectivity index (χ0n) is 18.0. The summed E-state index contributed by atoms with van der Waals surface area (Å²) >= 11 is 0. The molecule has 2 amide bonds. The topological polar surface area (TPSA) is 153 Å². The summed E-state index contributed by atoms with van der Waals surface area (Å²) in [5.74, 6) is -0.708. The predicted octanol–water partition coefficient (Wildman–Crippen LogP) is 0.627. The van der Waals surface area contributed by atoms with Crippen LogP contribution in [0.25, 0.3) is 0 Å². The Kier molecular flexibility index (Phi) is 9.73. The first kappa shape index (κ1) is 24.1. The molecular weight excluding hydrogens is 400 g/mol. The van der Waals surface area contributed by atoms with Crippen molar-refractivity contribution in [2.75, 3.05) is 19.7 Å². The molecule has 31 heavy (non-hydrogen) atoms.